The van der Waals surface area contributed by atoms with Gasteiger partial charge in [0.15, 0.2) is 0 Å². The van der Waals surface area contributed by atoms with Crippen molar-refractivity contribution in [2.75, 3.05) is 0 Å². The summed E-state index contributed by atoms with van der Waals surface area (Å²) >= 11 is 0. The number of hydrogen-bond donors (Lipinski definition) is 2. The maximum atomic E-state index is 9.50. The molecule has 1 aromatic heterocycles. The minimum absolute atomic E-state index is 0.260. The van der Waals surface area contributed by atoms with Crippen LogP contribution in [0.2, 0.25) is 0 Å². The Morgan fingerprint density at radius 1 is 1.16 bits per heavy atom. The highest BCUT2D eigenvalue weighted by Gasteiger charge is 2.16. The van der Waals surface area contributed by atoms with E-state index in [1.165, 1.54) is 5.56 Å². The van der Waals surface area contributed by atoms with Crippen LogP contribution in [0.3, 0.4) is 0 Å². The molecule has 0 aliphatic carbocycles. The van der Waals surface area contributed by atoms with E-state index in [0.29, 0.717) is 0 Å². The molecular weight excluding hydrogens is 236 g/mol. The van der Waals surface area contributed by atoms with Gasteiger partial charge in [0.1, 0.15) is 11.6 Å². The summed E-state index contributed by atoms with van der Waals surface area (Å²) in [5.41, 5.74) is 3.03. The van der Waals surface area contributed by atoms with Crippen molar-refractivity contribution in [2.45, 2.75) is 19.3 Å². The first-order valence-electron chi connectivity index (χ1n) is 6.51. The van der Waals surface area contributed by atoms with Crippen molar-refractivity contribution < 1.29 is 5.11 Å². The third-order valence-electron chi connectivity index (χ3n) is 3.42. The molecule has 2 N–H and O–H groups in total. The van der Waals surface area contributed by atoms with E-state index in [-0.39, 0.29) is 11.7 Å². The number of imidazole rings is 1. The van der Waals surface area contributed by atoms with Gasteiger partial charge in [0, 0.05) is 12.0 Å². The van der Waals surface area contributed by atoms with Gasteiger partial charge in [-0.05, 0) is 24.1 Å². The summed E-state index contributed by atoms with van der Waals surface area (Å²) in [5.74, 6) is 1.47. The molecule has 0 amide bonds. The van der Waals surface area contributed by atoms with E-state index >= 15 is 0 Å². The third-order valence-corrected chi connectivity index (χ3v) is 3.42. The molecule has 3 heteroatoms. The molecule has 0 spiro atoms. The SMILES string of the molecule is CCC(c1ccccc1)c1nc2ccc(O)cc2[nH]1. The molecule has 0 saturated heterocycles. The van der Waals surface area contributed by atoms with E-state index in [0.717, 1.165) is 23.3 Å². The van der Waals surface area contributed by atoms with Gasteiger partial charge < -0.3 is 10.1 Å². The van der Waals surface area contributed by atoms with Crippen LogP contribution in [0.25, 0.3) is 11.0 Å². The highest BCUT2D eigenvalue weighted by Crippen LogP contribution is 2.28. The summed E-state index contributed by atoms with van der Waals surface area (Å²) in [4.78, 5) is 7.95. The summed E-state index contributed by atoms with van der Waals surface area (Å²) in [7, 11) is 0. The molecule has 1 unspecified atom stereocenters. The maximum Gasteiger partial charge on any atom is 0.117 e. The van der Waals surface area contributed by atoms with E-state index in [1.54, 1.807) is 12.1 Å². The van der Waals surface area contributed by atoms with Crippen LogP contribution in [0, 0.1) is 0 Å². The molecule has 1 atom stereocenters. The first-order valence-corrected chi connectivity index (χ1v) is 6.51. The lowest BCUT2D eigenvalue weighted by Crippen LogP contribution is -2.01. The predicted molar refractivity (Wildman–Crippen MR) is 76.3 cm³/mol. The first-order chi connectivity index (χ1) is 9.28. The van der Waals surface area contributed by atoms with E-state index in [4.69, 9.17) is 0 Å². The van der Waals surface area contributed by atoms with Crippen LogP contribution < -0.4 is 0 Å². The monoisotopic (exact) mass is 252 g/mol. The summed E-state index contributed by atoms with van der Waals surface area (Å²) in [6.45, 7) is 2.16. The highest BCUT2D eigenvalue weighted by molar-refractivity contribution is 5.76. The van der Waals surface area contributed by atoms with Crippen molar-refractivity contribution in [1.82, 2.24) is 9.97 Å². The zero-order valence-corrected chi connectivity index (χ0v) is 10.8. The highest BCUT2D eigenvalue weighted by atomic mass is 16.3. The Labute approximate surface area is 111 Å². The predicted octanol–water partition coefficient (Wildman–Crippen LogP) is 3.81. The lowest BCUT2D eigenvalue weighted by Gasteiger charge is -2.12. The second-order valence-corrected chi connectivity index (χ2v) is 4.70. The fraction of sp³-hybridized carbons (Fsp3) is 0.188. The van der Waals surface area contributed by atoms with Crippen LogP contribution >= 0.6 is 0 Å². The Balaban J connectivity index is 2.07. The van der Waals surface area contributed by atoms with E-state index in [9.17, 15) is 5.11 Å². The number of aromatic hydroxyl groups is 1. The van der Waals surface area contributed by atoms with Crippen molar-refractivity contribution in [3.8, 4) is 5.75 Å². The van der Waals surface area contributed by atoms with Crippen molar-refractivity contribution in [1.29, 1.82) is 0 Å². The molecule has 2 aromatic carbocycles. The summed E-state index contributed by atoms with van der Waals surface area (Å²) in [6.07, 6.45) is 0.982. The second kappa shape index (κ2) is 4.76. The summed E-state index contributed by atoms with van der Waals surface area (Å²) in [6, 6.07) is 15.6. The molecule has 1 heterocycles. The summed E-state index contributed by atoms with van der Waals surface area (Å²) in [5, 5.41) is 9.50. The van der Waals surface area contributed by atoms with Crippen LogP contribution in [0.5, 0.6) is 5.75 Å². The number of rotatable bonds is 3. The number of phenols is 1. The number of aromatic amines is 1. The molecule has 19 heavy (non-hydrogen) atoms. The standard InChI is InChI=1S/C16H16N2O/c1-2-13(11-6-4-3-5-7-11)16-17-14-9-8-12(19)10-15(14)18-16/h3-10,13,19H,2H2,1H3,(H,17,18). The minimum Gasteiger partial charge on any atom is -0.508 e. The van der Waals surface area contributed by atoms with Crippen molar-refractivity contribution in [2.24, 2.45) is 0 Å². The molecule has 3 nitrogen and oxygen atoms in total. The molecule has 0 bridgehead atoms. The number of aromatic nitrogens is 2. The van der Waals surface area contributed by atoms with Gasteiger partial charge in [-0.3, -0.25) is 0 Å². The molecule has 0 fully saturated rings. The van der Waals surface area contributed by atoms with Crippen LogP contribution in [-0.4, -0.2) is 15.1 Å². The fourth-order valence-corrected chi connectivity index (χ4v) is 2.45. The molecule has 96 valence electrons. The Kier molecular flexibility index (Phi) is 2.95. The number of nitrogens with zero attached hydrogens (tertiary/aromatic N) is 1. The zero-order valence-electron chi connectivity index (χ0n) is 10.8. The third kappa shape index (κ3) is 2.19. The van der Waals surface area contributed by atoms with Crippen LogP contribution in [0.4, 0.5) is 0 Å². The number of H-pyrrole nitrogens is 1. The molecule has 0 aliphatic rings. The van der Waals surface area contributed by atoms with Gasteiger partial charge >= 0.3 is 0 Å². The van der Waals surface area contributed by atoms with Gasteiger partial charge in [-0.1, -0.05) is 37.3 Å². The van der Waals surface area contributed by atoms with E-state index in [2.05, 4.69) is 29.0 Å². The van der Waals surface area contributed by atoms with Gasteiger partial charge in [-0.15, -0.1) is 0 Å². The number of phenolic OH excluding ortho intramolecular Hbond substituents is 1. The Bertz CT molecular complexity index is 688. The molecule has 0 aliphatic heterocycles. The number of fused-ring (bicyclic) bond motifs is 1. The van der Waals surface area contributed by atoms with Gasteiger partial charge in [-0.2, -0.15) is 0 Å². The molecule has 0 saturated carbocycles. The Morgan fingerprint density at radius 2 is 1.95 bits per heavy atom. The number of nitrogens with one attached hydrogen (secondary N) is 1. The topological polar surface area (TPSA) is 48.9 Å². The normalized spacial score (nSPS) is 12.7. The van der Waals surface area contributed by atoms with Crippen LogP contribution in [-0.2, 0) is 0 Å². The van der Waals surface area contributed by atoms with Gasteiger partial charge in [0.05, 0.1) is 11.0 Å². The number of benzene rings is 2. The summed E-state index contributed by atoms with van der Waals surface area (Å²) < 4.78 is 0. The van der Waals surface area contributed by atoms with Crippen molar-refractivity contribution in [3.63, 3.8) is 0 Å². The Hall–Kier alpha value is -2.29. The Morgan fingerprint density at radius 3 is 2.68 bits per heavy atom. The zero-order chi connectivity index (χ0) is 13.2. The number of hydrogen-bond acceptors (Lipinski definition) is 2. The molecule has 3 rings (SSSR count). The van der Waals surface area contributed by atoms with Crippen molar-refractivity contribution in [3.05, 3.63) is 59.9 Å². The lowest BCUT2D eigenvalue weighted by atomic mass is 9.96. The van der Waals surface area contributed by atoms with E-state index in [1.807, 2.05) is 24.3 Å². The van der Waals surface area contributed by atoms with Gasteiger partial charge in [-0.25, -0.2) is 4.98 Å². The average molecular weight is 252 g/mol. The lowest BCUT2D eigenvalue weighted by molar-refractivity contribution is 0.476. The second-order valence-electron chi connectivity index (χ2n) is 4.70. The molecule has 0 radical (unpaired) electrons. The van der Waals surface area contributed by atoms with E-state index < -0.39 is 0 Å². The van der Waals surface area contributed by atoms with Crippen LogP contribution in [0.15, 0.2) is 48.5 Å². The average Bonchev–Trinajstić information content (AvgIpc) is 2.83. The maximum absolute atomic E-state index is 9.50. The fourth-order valence-electron chi connectivity index (χ4n) is 2.45. The quantitative estimate of drug-likeness (QED) is 0.744. The smallest absolute Gasteiger partial charge is 0.117 e. The van der Waals surface area contributed by atoms with Gasteiger partial charge in [0.25, 0.3) is 0 Å². The molecule has 3 aromatic rings. The van der Waals surface area contributed by atoms with Crippen LogP contribution in [0.1, 0.15) is 30.7 Å². The van der Waals surface area contributed by atoms with Crippen molar-refractivity contribution >= 4 is 11.0 Å². The molecular formula is C16H16N2O. The largest absolute Gasteiger partial charge is 0.508 e. The van der Waals surface area contributed by atoms with Gasteiger partial charge in [0.2, 0.25) is 0 Å². The minimum atomic E-state index is 0.260. The first kappa shape index (κ1) is 11.8.